The van der Waals surface area contributed by atoms with E-state index in [1.54, 1.807) is 24.3 Å². The number of nitrogens with zero attached hydrogens (tertiary/aromatic N) is 1. The molecular weight excluding hydrogens is 367 g/mol. The molecule has 3 aromatic carbocycles. The van der Waals surface area contributed by atoms with Crippen molar-refractivity contribution < 1.29 is 9.18 Å². The summed E-state index contributed by atoms with van der Waals surface area (Å²) >= 11 is 0. The van der Waals surface area contributed by atoms with Crippen LogP contribution in [0, 0.1) is 5.82 Å². The van der Waals surface area contributed by atoms with E-state index >= 15 is 0 Å². The fourth-order valence-corrected chi connectivity index (χ4v) is 3.06. The van der Waals surface area contributed by atoms with Crippen molar-refractivity contribution in [1.29, 1.82) is 0 Å². The Morgan fingerprint density at radius 3 is 2.45 bits per heavy atom. The molecule has 1 aromatic heterocycles. The maximum Gasteiger partial charge on any atom is 0.251 e. The van der Waals surface area contributed by atoms with E-state index in [0.29, 0.717) is 18.1 Å². The Labute approximate surface area is 168 Å². The lowest BCUT2D eigenvalue weighted by molar-refractivity contribution is 0.0951. The number of anilines is 2. The molecule has 0 saturated heterocycles. The van der Waals surface area contributed by atoms with E-state index in [1.165, 1.54) is 17.7 Å². The van der Waals surface area contributed by atoms with Crippen molar-refractivity contribution in [3.63, 3.8) is 0 Å². The molecule has 6 heteroatoms. The van der Waals surface area contributed by atoms with Gasteiger partial charge < -0.3 is 15.6 Å². The van der Waals surface area contributed by atoms with Gasteiger partial charge in [0.15, 0.2) is 0 Å². The van der Waals surface area contributed by atoms with E-state index < -0.39 is 0 Å². The molecule has 1 heterocycles. The number of hydrogen-bond acceptors (Lipinski definition) is 3. The third-order valence-electron chi connectivity index (χ3n) is 4.74. The Balaban J connectivity index is 1.45. The van der Waals surface area contributed by atoms with Crippen LogP contribution in [0.2, 0.25) is 0 Å². The fraction of sp³-hybridized carbons (Fsp3) is 0.130. The minimum Gasteiger partial charge on any atom is -0.348 e. The van der Waals surface area contributed by atoms with Gasteiger partial charge in [0.25, 0.3) is 5.91 Å². The number of amides is 1. The van der Waals surface area contributed by atoms with Crippen LogP contribution in [0.3, 0.4) is 0 Å². The molecule has 5 nitrogen and oxygen atoms in total. The van der Waals surface area contributed by atoms with Gasteiger partial charge in [0.1, 0.15) is 5.82 Å². The molecule has 29 heavy (non-hydrogen) atoms. The minimum absolute atomic E-state index is 0.199. The number of rotatable bonds is 6. The second-order valence-corrected chi connectivity index (χ2v) is 6.80. The van der Waals surface area contributed by atoms with Gasteiger partial charge in [0.2, 0.25) is 5.95 Å². The zero-order valence-corrected chi connectivity index (χ0v) is 16.0. The quantitative estimate of drug-likeness (QED) is 0.438. The van der Waals surface area contributed by atoms with Crippen molar-refractivity contribution in [1.82, 2.24) is 15.3 Å². The molecule has 0 bridgehead atoms. The molecule has 146 valence electrons. The van der Waals surface area contributed by atoms with Crippen LogP contribution in [0.15, 0.2) is 66.7 Å². The molecular formula is C23H21FN4O. The Morgan fingerprint density at radius 1 is 1.00 bits per heavy atom. The van der Waals surface area contributed by atoms with E-state index in [-0.39, 0.29) is 11.7 Å². The van der Waals surface area contributed by atoms with Crippen molar-refractivity contribution in [2.45, 2.75) is 19.9 Å². The lowest BCUT2D eigenvalue weighted by Crippen LogP contribution is -2.22. The Morgan fingerprint density at radius 2 is 1.72 bits per heavy atom. The third kappa shape index (κ3) is 4.43. The molecule has 4 aromatic rings. The van der Waals surface area contributed by atoms with Crippen LogP contribution in [0.25, 0.3) is 11.0 Å². The van der Waals surface area contributed by atoms with Crippen LogP contribution >= 0.6 is 0 Å². The van der Waals surface area contributed by atoms with Crippen molar-refractivity contribution in [2.75, 3.05) is 5.32 Å². The third-order valence-corrected chi connectivity index (χ3v) is 4.74. The van der Waals surface area contributed by atoms with Crippen molar-refractivity contribution in [3.05, 3.63) is 89.2 Å². The first-order chi connectivity index (χ1) is 14.1. The summed E-state index contributed by atoms with van der Waals surface area (Å²) in [5.41, 5.74) is 5.12. The average molecular weight is 388 g/mol. The van der Waals surface area contributed by atoms with Gasteiger partial charge in [-0.1, -0.05) is 31.2 Å². The fourth-order valence-electron chi connectivity index (χ4n) is 3.06. The second-order valence-electron chi connectivity index (χ2n) is 6.80. The van der Waals surface area contributed by atoms with Gasteiger partial charge in [-0.05, 0) is 60.0 Å². The van der Waals surface area contributed by atoms with E-state index in [4.69, 9.17) is 0 Å². The molecule has 4 rings (SSSR count). The van der Waals surface area contributed by atoms with E-state index in [9.17, 15) is 9.18 Å². The van der Waals surface area contributed by atoms with E-state index in [2.05, 4.69) is 39.7 Å². The highest BCUT2D eigenvalue weighted by Crippen LogP contribution is 2.20. The molecule has 1 amide bonds. The number of aromatic amines is 1. The molecule has 3 N–H and O–H groups in total. The number of hydrogen-bond donors (Lipinski definition) is 3. The molecule has 0 atom stereocenters. The highest BCUT2D eigenvalue weighted by atomic mass is 19.1. The number of nitrogens with one attached hydrogen (secondary N) is 3. The predicted molar refractivity (Wildman–Crippen MR) is 113 cm³/mol. The number of aromatic nitrogens is 2. The molecule has 0 aliphatic carbocycles. The normalized spacial score (nSPS) is 10.8. The molecule has 0 radical (unpaired) electrons. The topological polar surface area (TPSA) is 69.8 Å². The standard InChI is InChI=1S/C23H21FN4O/c1-2-15-5-10-19(11-6-15)26-23-27-20-12-7-17(13-21(20)28-23)22(29)25-14-16-3-8-18(24)9-4-16/h3-13H,2,14H2,1H3,(H,25,29)(H2,26,27,28). The van der Waals surface area contributed by atoms with Crippen LogP contribution < -0.4 is 10.6 Å². The van der Waals surface area contributed by atoms with Crippen molar-refractivity contribution in [3.8, 4) is 0 Å². The zero-order valence-electron chi connectivity index (χ0n) is 16.0. The van der Waals surface area contributed by atoms with Crippen molar-refractivity contribution in [2.24, 2.45) is 0 Å². The van der Waals surface area contributed by atoms with Gasteiger partial charge in [-0.25, -0.2) is 9.37 Å². The summed E-state index contributed by atoms with van der Waals surface area (Å²) in [6, 6.07) is 19.6. The van der Waals surface area contributed by atoms with Gasteiger partial charge in [0, 0.05) is 17.8 Å². The smallest absolute Gasteiger partial charge is 0.251 e. The lowest BCUT2D eigenvalue weighted by Gasteiger charge is -2.05. The highest BCUT2D eigenvalue weighted by molar-refractivity contribution is 5.97. The number of imidazole rings is 1. The SMILES string of the molecule is CCc1ccc(Nc2nc3ccc(C(=O)NCc4ccc(F)cc4)cc3[nH]2)cc1. The lowest BCUT2D eigenvalue weighted by atomic mass is 10.1. The number of carbonyl (C=O) groups excluding carboxylic acids is 1. The minimum atomic E-state index is -0.296. The summed E-state index contributed by atoms with van der Waals surface area (Å²) in [4.78, 5) is 20.2. The summed E-state index contributed by atoms with van der Waals surface area (Å²) < 4.78 is 13.0. The number of benzene rings is 3. The number of carbonyl (C=O) groups is 1. The van der Waals surface area contributed by atoms with E-state index in [0.717, 1.165) is 28.7 Å². The highest BCUT2D eigenvalue weighted by Gasteiger charge is 2.09. The maximum absolute atomic E-state index is 13.0. The Bertz CT molecular complexity index is 1130. The number of aryl methyl sites for hydroxylation is 1. The molecule has 0 aliphatic rings. The summed E-state index contributed by atoms with van der Waals surface area (Å²) in [5, 5.41) is 6.09. The molecule has 0 aliphatic heterocycles. The van der Waals surface area contributed by atoms with Crippen LogP contribution in [-0.4, -0.2) is 15.9 Å². The first-order valence-corrected chi connectivity index (χ1v) is 9.49. The molecule has 0 saturated carbocycles. The van der Waals surface area contributed by atoms with Crippen LogP contribution in [-0.2, 0) is 13.0 Å². The second kappa shape index (κ2) is 8.14. The number of fused-ring (bicyclic) bond motifs is 1. The molecule has 0 fully saturated rings. The summed E-state index contributed by atoms with van der Waals surface area (Å²) in [7, 11) is 0. The predicted octanol–water partition coefficient (Wildman–Crippen LogP) is 4.94. The average Bonchev–Trinajstić information content (AvgIpc) is 3.15. The van der Waals surface area contributed by atoms with Crippen LogP contribution in [0.1, 0.15) is 28.4 Å². The summed E-state index contributed by atoms with van der Waals surface area (Å²) in [5.74, 6) is 0.124. The van der Waals surface area contributed by atoms with Gasteiger partial charge in [-0.15, -0.1) is 0 Å². The zero-order chi connectivity index (χ0) is 20.2. The van der Waals surface area contributed by atoms with Gasteiger partial charge in [0.05, 0.1) is 11.0 Å². The summed E-state index contributed by atoms with van der Waals surface area (Å²) in [6.07, 6.45) is 0.997. The van der Waals surface area contributed by atoms with Gasteiger partial charge in [-0.2, -0.15) is 0 Å². The first-order valence-electron chi connectivity index (χ1n) is 9.49. The van der Waals surface area contributed by atoms with Crippen molar-refractivity contribution >= 4 is 28.6 Å². The van der Waals surface area contributed by atoms with Crippen LogP contribution in [0.5, 0.6) is 0 Å². The molecule has 0 unspecified atom stereocenters. The first kappa shape index (κ1) is 18.7. The Hall–Kier alpha value is -3.67. The largest absolute Gasteiger partial charge is 0.348 e. The van der Waals surface area contributed by atoms with E-state index in [1.807, 2.05) is 18.2 Å². The van der Waals surface area contributed by atoms with Gasteiger partial charge in [-0.3, -0.25) is 4.79 Å². The maximum atomic E-state index is 13.0. The summed E-state index contributed by atoms with van der Waals surface area (Å²) in [6.45, 7) is 2.45. The number of H-pyrrole nitrogens is 1. The monoisotopic (exact) mass is 388 g/mol. The Kier molecular flexibility index (Phi) is 5.24. The number of halogens is 1. The van der Waals surface area contributed by atoms with Crippen LogP contribution in [0.4, 0.5) is 16.0 Å². The molecule has 0 spiro atoms. The van der Waals surface area contributed by atoms with Gasteiger partial charge >= 0.3 is 0 Å².